The maximum atomic E-state index is 12.6. The van der Waals surface area contributed by atoms with Crippen molar-refractivity contribution in [2.45, 2.75) is 19.4 Å². The van der Waals surface area contributed by atoms with E-state index in [1.54, 1.807) is 29.2 Å². The fourth-order valence-corrected chi connectivity index (χ4v) is 3.55. The number of imide groups is 1. The van der Waals surface area contributed by atoms with E-state index in [0.717, 1.165) is 4.90 Å². The van der Waals surface area contributed by atoms with E-state index in [0.29, 0.717) is 35.8 Å². The van der Waals surface area contributed by atoms with E-state index >= 15 is 0 Å². The Balaban J connectivity index is 1.32. The number of para-hydroxylation sites is 2. The molecule has 2 aromatic carbocycles. The summed E-state index contributed by atoms with van der Waals surface area (Å²) in [4.78, 5) is 51.2. The summed E-state index contributed by atoms with van der Waals surface area (Å²) in [5.74, 6) is -0.0589. The largest absolute Gasteiger partial charge is 0.490 e. The molecule has 9 nitrogen and oxygen atoms in total. The Labute approximate surface area is 179 Å². The van der Waals surface area contributed by atoms with Gasteiger partial charge in [-0.1, -0.05) is 24.3 Å². The van der Waals surface area contributed by atoms with Gasteiger partial charge in [0.25, 0.3) is 0 Å². The summed E-state index contributed by atoms with van der Waals surface area (Å²) in [6.07, 6.45) is 0.109. The lowest BCUT2D eigenvalue weighted by atomic mass is 10.1. The number of nitrogens with one attached hydrogen (secondary N) is 2. The number of hydrogen-bond acceptors (Lipinski definition) is 5. The number of rotatable bonds is 6. The number of fused-ring (bicyclic) bond motifs is 1. The molecule has 2 aliphatic rings. The average Bonchev–Trinajstić information content (AvgIpc) is 3.09. The average molecular weight is 422 g/mol. The van der Waals surface area contributed by atoms with Crippen molar-refractivity contribution in [2.24, 2.45) is 0 Å². The number of carbonyl (C=O) groups excluding carboxylic acids is 4. The number of benzene rings is 2. The molecule has 9 heteroatoms. The molecule has 2 heterocycles. The number of carbonyl (C=O) groups is 4. The van der Waals surface area contributed by atoms with E-state index in [-0.39, 0.29) is 43.7 Å². The second kappa shape index (κ2) is 8.86. The van der Waals surface area contributed by atoms with Crippen molar-refractivity contribution in [1.82, 2.24) is 10.2 Å². The summed E-state index contributed by atoms with van der Waals surface area (Å²) >= 11 is 0. The summed E-state index contributed by atoms with van der Waals surface area (Å²) in [7, 11) is 0. The second-order valence-corrected chi connectivity index (χ2v) is 7.25. The van der Waals surface area contributed by atoms with E-state index in [2.05, 4.69) is 10.6 Å². The van der Waals surface area contributed by atoms with Crippen LogP contribution in [0.2, 0.25) is 0 Å². The summed E-state index contributed by atoms with van der Waals surface area (Å²) in [6, 6.07) is 13.8. The third-order valence-corrected chi connectivity index (χ3v) is 5.08. The quantitative estimate of drug-likeness (QED) is 0.691. The van der Waals surface area contributed by atoms with Gasteiger partial charge in [0.05, 0.1) is 25.3 Å². The van der Waals surface area contributed by atoms with E-state index in [9.17, 15) is 19.2 Å². The van der Waals surface area contributed by atoms with Gasteiger partial charge in [-0.3, -0.25) is 19.3 Å². The lowest BCUT2D eigenvalue weighted by Crippen LogP contribution is -2.38. The van der Waals surface area contributed by atoms with Crippen molar-refractivity contribution >= 4 is 35.1 Å². The van der Waals surface area contributed by atoms with Crippen LogP contribution in [0.5, 0.6) is 5.75 Å². The van der Waals surface area contributed by atoms with Crippen LogP contribution in [-0.2, 0) is 20.9 Å². The fraction of sp³-hybridized carbons (Fsp3) is 0.273. The Morgan fingerprint density at radius 1 is 1.06 bits per heavy atom. The van der Waals surface area contributed by atoms with E-state index in [1.807, 2.05) is 24.3 Å². The van der Waals surface area contributed by atoms with Gasteiger partial charge in [0, 0.05) is 18.5 Å². The molecule has 0 radical (unpaired) electrons. The first-order valence-corrected chi connectivity index (χ1v) is 10.0. The van der Waals surface area contributed by atoms with Gasteiger partial charge in [0.1, 0.15) is 12.4 Å². The van der Waals surface area contributed by atoms with Gasteiger partial charge >= 0.3 is 6.03 Å². The first-order valence-electron chi connectivity index (χ1n) is 10.0. The number of urea groups is 1. The number of ether oxygens (including phenoxy) is 1. The molecule has 4 rings (SSSR count). The predicted molar refractivity (Wildman–Crippen MR) is 113 cm³/mol. The van der Waals surface area contributed by atoms with Crippen LogP contribution in [0.1, 0.15) is 18.4 Å². The number of nitrogens with zero attached hydrogens (tertiary/aromatic N) is 2. The fourth-order valence-electron chi connectivity index (χ4n) is 3.55. The lowest BCUT2D eigenvalue weighted by molar-refractivity contribution is -0.125. The van der Waals surface area contributed by atoms with Crippen molar-refractivity contribution in [3.8, 4) is 5.75 Å². The van der Waals surface area contributed by atoms with Crippen LogP contribution in [-0.4, -0.2) is 48.3 Å². The highest BCUT2D eigenvalue weighted by atomic mass is 16.5. The van der Waals surface area contributed by atoms with Crippen LogP contribution < -0.4 is 20.3 Å². The third kappa shape index (κ3) is 4.66. The maximum Gasteiger partial charge on any atom is 0.324 e. The molecule has 2 aliphatic heterocycles. The predicted octanol–water partition coefficient (Wildman–Crippen LogP) is 1.88. The minimum Gasteiger partial charge on any atom is -0.490 e. The highest BCUT2D eigenvalue weighted by Gasteiger charge is 2.28. The smallest absolute Gasteiger partial charge is 0.324 e. The van der Waals surface area contributed by atoms with Gasteiger partial charge < -0.3 is 20.3 Å². The highest BCUT2D eigenvalue weighted by molar-refractivity contribution is 6.02. The van der Waals surface area contributed by atoms with E-state index < -0.39 is 6.03 Å². The maximum absolute atomic E-state index is 12.6. The zero-order chi connectivity index (χ0) is 21.8. The first kappa shape index (κ1) is 20.4. The summed E-state index contributed by atoms with van der Waals surface area (Å²) in [6.45, 7) is 0.988. The molecule has 31 heavy (non-hydrogen) atoms. The van der Waals surface area contributed by atoms with Gasteiger partial charge in [-0.05, 0) is 29.8 Å². The van der Waals surface area contributed by atoms with Crippen LogP contribution in [0.3, 0.4) is 0 Å². The molecule has 2 N–H and O–H groups in total. The molecular weight excluding hydrogens is 400 g/mol. The van der Waals surface area contributed by atoms with E-state index in [1.165, 1.54) is 0 Å². The van der Waals surface area contributed by atoms with Crippen molar-refractivity contribution in [3.63, 3.8) is 0 Å². The van der Waals surface area contributed by atoms with E-state index in [4.69, 9.17) is 4.74 Å². The Morgan fingerprint density at radius 3 is 2.71 bits per heavy atom. The molecular formula is C22H22N4O5. The van der Waals surface area contributed by atoms with Crippen molar-refractivity contribution in [2.75, 3.05) is 29.9 Å². The van der Waals surface area contributed by atoms with Crippen LogP contribution in [0, 0.1) is 0 Å². The van der Waals surface area contributed by atoms with Gasteiger partial charge in [-0.2, -0.15) is 0 Å². The molecule has 0 unspecified atom stereocenters. The van der Waals surface area contributed by atoms with Crippen molar-refractivity contribution < 1.29 is 23.9 Å². The van der Waals surface area contributed by atoms with Gasteiger partial charge in [-0.15, -0.1) is 0 Å². The molecule has 160 valence electrons. The molecule has 1 fully saturated rings. The third-order valence-electron chi connectivity index (χ3n) is 5.08. The number of hydrogen-bond donors (Lipinski definition) is 2. The van der Waals surface area contributed by atoms with Crippen LogP contribution >= 0.6 is 0 Å². The van der Waals surface area contributed by atoms with Crippen molar-refractivity contribution in [1.29, 1.82) is 0 Å². The molecule has 0 aliphatic carbocycles. The highest BCUT2D eigenvalue weighted by Crippen LogP contribution is 2.31. The van der Waals surface area contributed by atoms with Crippen LogP contribution in [0.25, 0.3) is 0 Å². The summed E-state index contributed by atoms with van der Waals surface area (Å²) in [5.41, 5.74) is 1.97. The molecule has 0 spiro atoms. The van der Waals surface area contributed by atoms with Crippen LogP contribution in [0.4, 0.5) is 16.2 Å². The molecule has 5 amide bonds. The molecule has 1 saturated heterocycles. The number of anilines is 2. The SMILES string of the molecule is O=C(CCC(=O)N1CCOc2ccccc21)Nc1cccc(CN2C(=O)CNC2=O)c1. The van der Waals surface area contributed by atoms with Crippen molar-refractivity contribution in [3.05, 3.63) is 54.1 Å². The Hall–Kier alpha value is -3.88. The Morgan fingerprint density at radius 2 is 1.90 bits per heavy atom. The standard InChI is InChI=1S/C22H22N4O5/c27-19(8-9-20(28)25-10-11-31-18-7-2-1-6-17(18)25)24-16-5-3-4-15(12-16)14-26-21(29)13-23-22(26)30/h1-7,12H,8-11,13-14H2,(H,23,30)(H,24,27). The molecule has 0 atom stereocenters. The van der Waals surface area contributed by atoms with Gasteiger partial charge in [-0.25, -0.2) is 4.79 Å². The van der Waals surface area contributed by atoms with Crippen LogP contribution in [0.15, 0.2) is 48.5 Å². The zero-order valence-electron chi connectivity index (χ0n) is 16.8. The summed E-state index contributed by atoms with van der Waals surface area (Å²) < 4.78 is 5.56. The first-order chi connectivity index (χ1) is 15.0. The zero-order valence-corrected chi connectivity index (χ0v) is 16.8. The van der Waals surface area contributed by atoms with Gasteiger partial charge in [0.2, 0.25) is 17.7 Å². The topological polar surface area (TPSA) is 108 Å². The van der Waals surface area contributed by atoms with Gasteiger partial charge in [0.15, 0.2) is 0 Å². The number of amides is 5. The second-order valence-electron chi connectivity index (χ2n) is 7.25. The molecule has 0 saturated carbocycles. The molecule has 0 bridgehead atoms. The molecule has 2 aromatic rings. The minimum absolute atomic E-state index is 0.00307. The monoisotopic (exact) mass is 422 g/mol. The lowest BCUT2D eigenvalue weighted by Gasteiger charge is -2.29. The summed E-state index contributed by atoms with van der Waals surface area (Å²) in [5, 5.41) is 5.24. The Bertz CT molecular complexity index is 1020. The normalized spacial score (nSPS) is 15.2. The molecule has 0 aromatic heterocycles. The Kier molecular flexibility index (Phi) is 5.83. The minimum atomic E-state index is -0.428.